The molecule has 15 heavy (non-hydrogen) atoms. The molecule has 1 amide bonds. The van der Waals surface area contributed by atoms with Gasteiger partial charge in [0.05, 0.1) is 0 Å². The minimum Gasteiger partial charge on any atom is -0.305 e. The molecule has 0 bridgehead atoms. The quantitative estimate of drug-likeness (QED) is 0.374. The predicted octanol–water partition coefficient (Wildman–Crippen LogP) is -0.608. The van der Waals surface area contributed by atoms with Crippen LogP contribution in [0.25, 0.3) is 0 Å². The van der Waals surface area contributed by atoms with Crippen LogP contribution in [-0.2, 0) is 4.79 Å². The monoisotopic (exact) mass is 214 g/mol. The van der Waals surface area contributed by atoms with Crippen molar-refractivity contribution in [2.75, 3.05) is 33.2 Å². The standard InChI is InChI=1S/C10H22N4O/c1-9-8-13(2)5-3-6-14(9)7-4-10(15)12-11/h9H,3-8,11H2,1-2H3,(H,12,15). The third-order valence-corrected chi connectivity index (χ3v) is 2.97. The van der Waals surface area contributed by atoms with Crippen LogP contribution in [0.4, 0.5) is 0 Å². The Bertz CT molecular complexity index is 210. The van der Waals surface area contributed by atoms with Gasteiger partial charge in [0.25, 0.3) is 0 Å². The van der Waals surface area contributed by atoms with Crippen molar-refractivity contribution in [1.29, 1.82) is 0 Å². The topological polar surface area (TPSA) is 61.6 Å². The molecule has 1 saturated heterocycles. The predicted molar refractivity (Wildman–Crippen MR) is 60.1 cm³/mol. The average molecular weight is 214 g/mol. The number of rotatable bonds is 3. The fraction of sp³-hybridized carbons (Fsp3) is 0.900. The Labute approximate surface area is 91.6 Å². The highest BCUT2D eigenvalue weighted by Crippen LogP contribution is 2.08. The third-order valence-electron chi connectivity index (χ3n) is 2.97. The van der Waals surface area contributed by atoms with Crippen LogP contribution < -0.4 is 11.3 Å². The highest BCUT2D eigenvalue weighted by Gasteiger charge is 2.19. The van der Waals surface area contributed by atoms with E-state index in [0.29, 0.717) is 12.5 Å². The van der Waals surface area contributed by atoms with Crippen molar-refractivity contribution in [3.8, 4) is 0 Å². The maximum absolute atomic E-state index is 11.0. The molecule has 3 N–H and O–H groups in total. The fourth-order valence-corrected chi connectivity index (χ4v) is 2.07. The molecule has 0 spiro atoms. The van der Waals surface area contributed by atoms with Crippen LogP contribution in [0.15, 0.2) is 0 Å². The zero-order valence-electron chi connectivity index (χ0n) is 9.70. The van der Waals surface area contributed by atoms with Gasteiger partial charge in [-0.2, -0.15) is 0 Å². The molecule has 0 radical (unpaired) electrons. The molecule has 88 valence electrons. The van der Waals surface area contributed by atoms with Gasteiger partial charge in [-0.05, 0) is 33.5 Å². The van der Waals surface area contributed by atoms with E-state index in [1.165, 1.54) is 6.42 Å². The Balaban J connectivity index is 2.35. The molecule has 0 aromatic carbocycles. The van der Waals surface area contributed by atoms with Crippen molar-refractivity contribution in [2.45, 2.75) is 25.8 Å². The van der Waals surface area contributed by atoms with Crippen LogP contribution in [0.3, 0.4) is 0 Å². The van der Waals surface area contributed by atoms with Gasteiger partial charge >= 0.3 is 0 Å². The minimum atomic E-state index is -0.0835. The molecular formula is C10H22N4O. The Hall–Kier alpha value is -0.650. The molecule has 5 nitrogen and oxygen atoms in total. The molecule has 1 fully saturated rings. The van der Waals surface area contributed by atoms with E-state index >= 15 is 0 Å². The van der Waals surface area contributed by atoms with Crippen molar-refractivity contribution >= 4 is 5.91 Å². The second kappa shape index (κ2) is 6.05. The molecule has 1 aliphatic rings. The maximum atomic E-state index is 11.0. The number of likely N-dealkylation sites (N-methyl/N-ethyl adjacent to an activating group) is 1. The lowest BCUT2D eigenvalue weighted by Gasteiger charge is -2.27. The lowest BCUT2D eigenvalue weighted by molar-refractivity contribution is -0.121. The largest absolute Gasteiger partial charge is 0.305 e. The molecule has 0 aliphatic carbocycles. The fourth-order valence-electron chi connectivity index (χ4n) is 2.07. The Morgan fingerprint density at radius 1 is 1.53 bits per heavy atom. The molecule has 5 heteroatoms. The number of amides is 1. The van der Waals surface area contributed by atoms with Gasteiger partial charge in [0, 0.05) is 25.6 Å². The van der Waals surface area contributed by atoms with Crippen molar-refractivity contribution in [3.63, 3.8) is 0 Å². The number of carbonyl (C=O) groups is 1. The van der Waals surface area contributed by atoms with Gasteiger partial charge in [0.2, 0.25) is 5.91 Å². The van der Waals surface area contributed by atoms with Gasteiger partial charge in [-0.3, -0.25) is 15.1 Å². The number of nitrogens with zero attached hydrogens (tertiary/aromatic N) is 2. The smallest absolute Gasteiger partial charge is 0.235 e. The maximum Gasteiger partial charge on any atom is 0.235 e. The van der Waals surface area contributed by atoms with Crippen LogP contribution in [0.5, 0.6) is 0 Å². The number of nitrogens with two attached hydrogens (primary N) is 1. The van der Waals surface area contributed by atoms with Gasteiger partial charge in [-0.15, -0.1) is 0 Å². The van der Waals surface area contributed by atoms with E-state index in [2.05, 4.69) is 29.2 Å². The van der Waals surface area contributed by atoms with Crippen LogP contribution in [0.1, 0.15) is 19.8 Å². The first-order valence-corrected chi connectivity index (χ1v) is 5.55. The van der Waals surface area contributed by atoms with Gasteiger partial charge in [-0.1, -0.05) is 0 Å². The van der Waals surface area contributed by atoms with Crippen LogP contribution in [0, 0.1) is 0 Å². The summed E-state index contributed by atoms with van der Waals surface area (Å²) in [5, 5.41) is 0. The summed E-state index contributed by atoms with van der Waals surface area (Å²) in [6, 6.07) is 0.517. The molecule has 1 unspecified atom stereocenters. The summed E-state index contributed by atoms with van der Waals surface area (Å²) in [5.41, 5.74) is 2.17. The summed E-state index contributed by atoms with van der Waals surface area (Å²) in [5.74, 6) is 4.97. The summed E-state index contributed by atoms with van der Waals surface area (Å²) in [7, 11) is 2.15. The lowest BCUT2D eigenvalue weighted by atomic mass is 10.2. The second-order valence-corrected chi connectivity index (χ2v) is 4.32. The van der Waals surface area contributed by atoms with Crippen LogP contribution in [-0.4, -0.2) is 55.0 Å². The molecule has 0 aromatic rings. The summed E-state index contributed by atoms with van der Waals surface area (Å²) in [6.45, 7) is 6.30. The third kappa shape index (κ3) is 4.15. The molecular weight excluding hydrogens is 192 g/mol. The van der Waals surface area contributed by atoms with E-state index in [4.69, 9.17) is 5.84 Å². The number of hydrogen-bond acceptors (Lipinski definition) is 4. The molecule has 1 heterocycles. The normalized spacial score (nSPS) is 24.9. The van der Waals surface area contributed by atoms with Crippen molar-refractivity contribution < 1.29 is 4.79 Å². The molecule has 1 aliphatic heterocycles. The first-order chi connectivity index (χ1) is 7.13. The van der Waals surface area contributed by atoms with Gasteiger partial charge in [0.1, 0.15) is 0 Å². The van der Waals surface area contributed by atoms with Gasteiger partial charge < -0.3 is 4.90 Å². The number of nitrogens with one attached hydrogen (secondary N) is 1. The molecule has 0 aromatic heterocycles. The first-order valence-electron chi connectivity index (χ1n) is 5.55. The van der Waals surface area contributed by atoms with Crippen molar-refractivity contribution in [1.82, 2.24) is 15.2 Å². The first kappa shape index (κ1) is 12.4. The van der Waals surface area contributed by atoms with E-state index < -0.39 is 0 Å². The van der Waals surface area contributed by atoms with E-state index in [9.17, 15) is 4.79 Å². The summed E-state index contributed by atoms with van der Waals surface area (Å²) in [4.78, 5) is 15.7. The molecule has 1 atom stereocenters. The summed E-state index contributed by atoms with van der Waals surface area (Å²) >= 11 is 0. The van der Waals surface area contributed by atoms with E-state index in [-0.39, 0.29) is 5.91 Å². The zero-order valence-corrected chi connectivity index (χ0v) is 9.70. The second-order valence-electron chi connectivity index (χ2n) is 4.32. The average Bonchev–Trinajstić information content (AvgIpc) is 2.36. The Morgan fingerprint density at radius 2 is 2.27 bits per heavy atom. The number of hydrazine groups is 1. The van der Waals surface area contributed by atoms with Crippen LogP contribution >= 0.6 is 0 Å². The van der Waals surface area contributed by atoms with Gasteiger partial charge in [0.15, 0.2) is 0 Å². The number of carbonyl (C=O) groups excluding carboxylic acids is 1. The van der Waals surface area contributed by atoms with Gasteiger partial charge in [-0.25, -0.2) is 5.84 Å². The van der Waals surface area contributed by atoms with E-state index in [1.54, 1.807) is 0 Å². The van der Waals surface area contributed by atoms with Crippen LogP contribution in [0.2, 0.25) is 0 Å². The Morgan fingerprint density at radius 3 is 2.93 bits per heavy atom. The minimum absolute atomic E-state index is 0.0835. The van der Waals surface area contributed by atoms with Crippen molar-refractivity contribution in [3.05, 3.63) is 0 Å². The Kier molecular flexibility index (Phi) is 5.01. The zero-order chi connectivity index (χ0) is 11.3. The summed E-state index contributed by atoms with van der Waals surface area (Å²) < 4.78 is 0. The SMILES string of the molecule is CC1CN(C)CCCN1CCC(=O)NN. The van der Waals surface area contributed by atoms with E-state index in [0.717, 1.165) is 26.2 Å². The molecule has 0 saturated carbocycles. The molecule has 1 rings (SSSR count). The number of hydrogen-bond donors (Lipinski definition) is 2. The van der Waals surface area contributed by atoms with E-state index in [1.807, 2.05) is 0 Å². The summed E-state index contributed by atoms with van der Waals surface area (Å²) in [6.07, 6.45) is 1.66. The lowest BCUT2D eigenvalue weighted by Crippen LogP contribution is -2.40. The highest BCUT2D eigenvalue weighted by molar-refractivity contribution is 5.75. The highest BCUT2D eigenvalue weighted by atomic mass is 16.2. The van der Waals surface area contributed by atoms with Crippen molar-refractivity contribution in [2.24, 2.45) is 5.84 Å².